The number of carboxylic acids is 1. The molecule has 2 fully saturated rings. The van der Waals surface area contributed by atoms with E-state index in [4.69, 9.17) is 0 Å². The molecule has 3 atom stereocenters. The fourth-order valence-electron chi connectivity index (χ4n) is 3.70. The summed E-state index contributed by atoms with van der Waals surface area (Å²) in [7, 11) is 0. The molecule has 2 aliphatic rings. The van der Waals surface area contributed by atoms with Crippen molar-refractivity contribution in [2.24, 2.45) is 17.3 Å². The van der Waals surface area contributed by atoms with Crippen LogP contribution < -0.4 is 0 Å². The maximum atomic E-state index is 12.8. The summed E-state index contributed by atoms with van der Waals surface area (Å²) in [5.74, 6) is -1.81. The molecule has 1 aliphatic carbocycles. The van der Waals surface area contributed by atoms with E-state index in [9.17, 15) is 14.7 Å². The van der Waals surface area contributed by atoms with Gasteiger partial charge in [-0.05, 0) is 36.0 Å². The molecule has 21 heavy (non-hydrogen) atoms. The highest BCUT2D eigenvalue weighted by Gasteiger charge is 2.67. The highest BCUT2D eigenvalue weighted by molar-refractivity contribution is 5.92. The van der Waals surface area contributed by atoms with E-state index in [1.54, 1.807) is 12.4 Å². The normalized spacial score (nSPS) is 30.2. The molecule has 1 amide bonds. The van der Waals surface area contributed by atoms with Gasteiger partial charge in [0.2, 0.25) is 5.91 Å². The van der Waals surface area contributed by atoms with E-state index in [0.717, 1.165) is 18.4 Å². The molecule has 1 aromatic heterocycles. The number of carbonyl (C=O) groups excluding carboxylic acids is 1. The average molecular weight is 288 g/mol. The third-order valence-electron chi connectivity index (χ3n) is 4.99. The van der Waals surface area contributed by atoms with E-state index in [-0.39, 0.29) is 11.9 Å². The van der Waals surface area contributed by atoms with E-state index < -0.39 is 23.2 Å². The number of aliphatic carboxylic acids is 1. The van der Waals surface area contributed by atoms with Crippen LogP contribution in [-0.4, -0.2) is 33.4 Å². The molecule has 1 saturated heterocycles. The summed E-state index contributed by atoms with van der Waals surface area (Å²) in [5, 5.41) is 9.25. The van der Waals surface area contributed by atoms with Crippen LogP contribution in [-0.2, 0) is 9.59 Å². The van der Waals surface area contributed by atoms with Gasteiger partial charge in [0.25, 0.3) is 0 Å². The lowest BCUT2D eigenvalue weighted by atomic mass is 10.0. The van der Waals surface area contributed by atoms with Crippen molar-refractivity contribution < 1.29 is 14.7 Å². The van der Waals surface area contributed by atoms with Crippen LogP contribution in [0.2, 0.25) is 0 Å². The lowest BCUT2D eigenvalue weighted by Gasteiger charge is -2.25. The Bertz CT molecular complexity index is 570. The van der Waals surface area contributed by atoms with Gasteiger partial charge >= 0.3 is 5.97 Å². The first-order valence-corrected chi connectivity index (χ1v) is 7.38. The van der Waals surface area contributed by atoms with E-state index in [1.807, 2.05) is 30.9 Å². The molecular weight excluding hydrogens is 268 g/mol. The number of rotatable bonds is 3. The zero-order chi connectivity index (χ0) is 15.2. The van der Waals surface area contributed by atoms with Crippen molar-refractivity contribution in [1.82, 2.24) is 9.88 Å². The number of pyridine rings is 1. The van der Waals surface area contributed by atoms with Gasteiger partial charge in [-0.25, -0.2) is 0 Å². The molecule has 3 rings (SSSR count). The van der Waals surface area contributed by atoms with Gasteiger partial charge in [0.05, 0.1) is 17.9 Å². The van der Waals surface area contributed by atoms with E-state index >= 15 is 0 Å². The van der Waals surface area contributed by atoms with Crippen LogP contribution in [0.4, 0.5) is 0 Å². The number of amides is 1. The van der Waals surface area contributed by atoms with Crippen LogP contribution in [0, 0.1) is 17.3 Å². The number of hydrogen-bond acceptors (Lipinski definition) is 3. The lowest BCUT2D eigenvalue weighted by molar-refractivity contribution is -0.142. The quantitative estimate of drug-likeness (QED) is 0.924. The van der Waals surface area contributed by atoms with Crippen LogP contribution in [0.5, 0.6) is 0 Å². The molecule has 1 aliphatic heterocycles. The lowest BCUT2D eigenvalue weighted by Crippen LogP contribution is -2.33. The Morgan fingerprint density at radius 3 is 2.52 bits per heavy atom. The van der Waals surface area contributed by atoms with E-state index in [0.29, 0.717) is 6.54 Å². The SMILES string of the molecule is CC1(C)[C@H](C(=O)O)[C@@H]1C(=O)N1CCCC1c1ccncc1. The van der Waals surface area contributed by atoms with Gasteiger partial charge in [0.1, 0.15) is 0 Å². The third-order valence-corrected chi connectivity index (χ3v) is 4.99. The van der Waals surface area contributed by atoms with Crippen LogP contribution in [0.1, 0.15) is 38.3 Å². The monoisotopic (exact) mass is 288 g/mol. The highest BCUT2D eigenvalue weighted by Crippen LogP contribution is 2.59. The fraction of sp³-hybridized carbons (Fsp3) is 0.562. The number of carboxylic acid groups (broad SMARTS) is 1. The Kier molecular flexibility index (Phi) is 3.23. The first kappa shape index (κ1) is 14.0. The standard InChI is InChI=1S/C16H20N2O3/c1-16(2)12(13(16)15(20)21)14(19)18-9-3-4-11(18)10-5-7-17-8-6-10/h5-8,11-13H,3-4,9H2,1-2H3,(H,20,21)/t11?,12-,13+/m1/s1. The van der Waals surface area contributed by atoms with Crippen molar-refractivity contribution in [3.63, 3.8) is 0 Å². The van der Waals surface area contributed by atoms with Crippen molar-refractivity contribution in [2.45, 2.75) is 32.7 Å². The van der Waals surface area contributed by atoms with Gasteiger partial charge in [0, 0.05) is 18.9 Å². The molecule has 5 heteroatoms. The first-order valence-electron chi connectivity index (χ1n) is 7.38. The summed E-state index contributed by atoms with van der Waals surface area (Å²) >= 11 is 0. The second kappa shape index (κ2) is 4.83. The zero-order valence-electron chi connectivity index (χ0n) is 12.3. The topological polar surface area (TPSA) is 70.5 Å². The van der Waals surface area contributed by atoms with E-state index in [1.165, 1.54) is 0 Å². The molecule has 5 nitrogen and oxygen atoms in total. The van der Waals surface area contributed by atoms with Gasteiger partial charge < -0.3 is 10.0 Å². The molecular formula is C16H20N2O3. The molecule has 112 valence electrons. The Balaban J connectivity index is 1.81. The smallest absolute Gasteiger partial charge is 0.307 e. The Hall–Kier alpha value is -1.91. The summed E-state index contributed by atoms with van der Waals surface area (Å²) in [4.78, 5) is 29.9. The van der Waals surface area contributed by atoms with Gasteiger partial charge in [-0.1, -0.05) is 13.8 Å². The Morgan fingerprint density at radius 1 is 1.29 bits per heavy atom. The van der Waals surface area contributed by atoms with Crippen LogP contribution in [0.3, 0.4) is 0 Å². The van der Waals surface area contributed by atoms with Crippen molar-refractivity contribution in [2.75, 3.05) is 6.54 Å². The van der Waals surface area contributed by atoms with Crippen LogP contribution >= 0.6 is 0 Å². The Morgan fingerprint density at radius 2 is 1.95 bits per heavy atom. The maximum absolute atomic E-state index is 12.8. The van der Waals surface area contributed by atoms with Crippen LogP contribution in [0.25, 0.3) is 0 Å². The second-order valence-corrected chi connectivity index (χ2v) is 6.59. The molecule has 0 radical (unpaired) electrons. The Labute approximate surface area is 124 Å². The fourth-order valence-corrected chi connectivity index (χ4v) is 3.70. The minimum atomic E-state index is -0.863. The number of likely N-dealkylation sites (tertiary alicyclic amines) is 1. The molecule has 1 N–H and O–H groups in total. The molecule has 1 aromatic rings. The van der Waals surface area contributed by atoms with E-state index in [2.05, 4.69) is 4.98 Å². The number of aromatic nitrogens is 1. The minimum absolute atomic E-state index is 0.00767. The summed E-state index contributed by atoms with van der Waals surface area (Å²) in [6.07, 6.45) is 5.36. The number of carbonyl (C=O) groups is 2. The molecule has 0 bridgehead atoms. The summed E-state index contributed by atoms with van der Waals surface area (Å²) < 4.78 is 0. The number of nitrogens with zero attached hydrogens (tertiary/aromatic N) is 2. The largest absolute Gasteiger partial charge is 0.481 e. The molecule has 1 unspecified atom stereocenters. The first-order chi connectivity index (χ1) is 9.94. The van der Waals surface area contributed by atoms with Gasteiger partial charge in [-0.3, -0.25) is 14.6 Å². The average Bonchev–Trinajstić information content (AvgIpc) is 2.84. The van der Waals surface area contributed by atoms with Crippen molar-refractivity contribution in [1.29, 1.82) is 0 Å². The van der Waals surface area contributed by atoms with Crippen molar-refractivity contribution in [3.8, 4) is 0 Å². The van der Waals surface area contributed by atoms with Crippen molar-refractivity contribution >= 4 is 11.9 Å². The molecule has 2 heterocycles. The number of hydrogen-bond donors (Lipinski definition) is 1. The third kappa shape index (κ3) is 2.20. The molecule has 0 spiro atoms. The molecule has 1 saturated carbocycles. The minimum Gasteiger partial charge on any atom is -0.481 e. The van der Waals surface area contributed by atoms with Gasteiger partial charge in [-0.15, -0.1) is 0 Å². The van der Waals surface area contributed by atoms with Gasteiger partial charge in [0.15, 0.2) is 0 Å². The summed E-state index contributed by atoms with van der Waals surface area (Å²) in [6, 6.07) is 3.93. The highest BCUT2D eigenvalue weighted by atomic mass is 16.4. The molecule has 0 aromatic carbocycles. The maximum Gasteiger partial charge on any atom is 0.307 e. The summed E-state index contributed by atoms with van der Waals surface area (Å²) in [5.41, 5.74) is 0.648. The summed E-state index contributed by atoms with van der Waals surface area (Å²) in [6.45, 7) is 4.45. The van der Waals surface area contributed by atoms with Crippen molar-refractivity contribution in [3.05, 3.63) is 30.1 Å². The predicted octanol–water partition coefficient (Wildman–Crippen LogP) is 2.10. The van der Waals surface area contributed by atoms with Gasteiger partial charge in [-0.2, -0.15) is 0 Å². The second-order valence-electron chi connectivity index (χ2n) is 6.59. The predicted molar refractivity (Wildman–Crippen MR) is 76.3 cm³/mol. The van der Waals surface area contributed by atoms with Crippen LogP contribution in [0.15, 0.2) is 24.5 Å². The zero-order valence-corrected chi connectivity index (χ0v) is 12.3.